The molecule has 34 heavy (non-hydrogen) atoms. The normalized spacial score (nSPS) is 13.4. The van der Waals surface area contributed by atoms with E-state index in [4.69, 9.17) is 4.74 Å². The summed E-state index contributed by atoms with van der Waals surface area (Å²) in [6.45, 7) is 1.45. The smallest absolute Gasteiger partial charge is 0.279 e. The molecule has 2 N–H and O–H groups in total. The Hall–Kier alpha value is -4.37. The topological polar surface area (TPSA) is 115 Å². The highest BCUT2D eigenvalue weighted by Crippen LogP contribution is 2.38. The number of aromatic nitrogens is 3. The molecule has 9 nitrogen and oxygen atoms in total. The molecule has 3 heterocycles. The van der Waals surface area contributed by atoms with Crippen molar-refractivity contribution in [3.05, 3.63) is 82.7 Å². The van der Waals surface area contributed by atoms with Gasteiger partial charge in [0.05, 0.1) is 34.5 Å². The van der Waals surface area contributed by atoms with Crippen molar-refractivity contribution in [3.63, 3.8) is 0 Å². The van der Waals surface area contributed by atoms with Crippen LogP contribution in [0, 0.1) is 10.1 Å². The van der Waals surface area contributed by atoms with E-state index in [0.29, 0.717) is 41.6 Å². The summed E-state index contributed by atoms with van der Waals surface area (Å²) in [4.78, 5) is 24.9. The maximum atomic E-state index is 11.9. The SMILES string of the molecule is COc1cc(C2=CCNCC2)c([N+](=O)[O-])cc1Nc1nccc(-c2cnc3ccccc3c2)n1. The molecule has 1 aliphatic heterocycles. The van der Waals surface area contributed by atoms with E-state index >= 15 is 0 Å². The van der Waals surface area contributed by atoms with Gasteiger partial charge in [-0.25, -0.2) is 9.97 Å². The molecular formula is C25H22N6O3. The summed E-state index contributed by atoms with van der Waals surface area (Å²) in [7, 11) is 1.53. The highest BCUT2D eigenvalue weighted by atomic mass is 16.6. The zero-order valence-electron chi connectivity index (χ0n) is 18.5. The molecule has 0 unspecified atom stereocenters. The van der Waals surface area contributed by atoms with Crippen LogP contribution in [0.5, 0.6) is 5.75 Å². The van der Waals surface area contributed by atoms with Crippen LogP contribution in [0.4, 0.5) is 17.3 Å². The molecule has 0 amide bonds. The molecule has 0 aliphatic carbocycles. The van der Waals surface area contributed by atoms with Gasteiger partial charge in [0.15, 0.2) is 0 Å². The van der Waals surface area contributed by atoms with E-state index in [-0.39, 0.29) is 10.6 Å². The van der Waals surface area contributed by atoms with Crippen LogP contribution in [0.15, 0.2) is 67.0 Å². The summed E-state index contributed by atoms with van der Waals surface area (Å²) in [5, 5.41) is 19.2. The molecule has 1 aliphatic rings. The highest BCUT2D eigenvalue weighted by molar-refractivity contribution is 5.83. The molecule has 5 rings (SSSR count). The largest absolute Gasteiger partial charge is 0.495 e. The van der Waals surface area contributed by atoms with Gasteiger partial charge >= 0.3 is 0 Å². The predicted molar refractivity (Wildman–Crippen MR) is 131 cm³/mol. The molecular weight excluding hydrogens is 432 g/mol. The van der Waals surface area contributed by atoms with E-state index in [9.17, 15) is 10.1 Å². The van der Waals surface area contributed by atoms with Crippen LogP contribution < -0.4 is 15.4 Å². The number of nitrogens with zero attached hydrogens (tertiary/aromatic N) is 4. The quantitative estimate of drug-likeness (QED) is 0.317. The van der Waals surface area contributed by atoms with Crippen LogP contribution in [0.2, 0.25) is 0 Å². The van der Waals surface area contributed by atoms with Crippen molar-refractivity contribution in [1.29, 1.82) is 0 Å². The molecule has 0 bridgehead atoms. The molecule has 0 spiro atoms. The zero-order chi connectivity index (χ0) is 23.5. The van der Waals surface area contributed by atoms with E-state index in [1.807, 2.05) is 36.4 Å². The van der Waals surface area contributed by atoms with E-state index in [1.165, 1.54) is 13.2 Å². The van der Waals surface area contributed by atoms with Crippen molar-refractivity contribution in [2.75, 3.05) is 25.5 Å². The minimum atomic E-state index is -0.374. The number of anilines is 2. The monoisotopic (exact) mass is 454 g/mol. The zero-order valence-corrected chi connectivity index (χ0v) is 18.5. The number of para-hydroxylation sites is 1. The Labute approximate surface area is 195 Å². The van der Waals surface area contributed by atoms with E-state index < -0.39 is 0 Å². The van der Waals surface area contributed by atoms with Gasteiger partial charge < -0.3 is 15.4 Å². The van der Waals surface area contributed by atoms with Crippen molar-refractivity contribution >= 4 is 33.8 Å². The number of nitrogens with one attached hydrogen (secondary N) is 2. The van der Waals surface area contributed by atoms with Gasteiger partial charge in [0.1, 0.15) is 5.75 Å². The fourth-order valence-electron chi connectivity index (χ4n) is 4.02. The van der Waals surface area contributed by atoms with Crippen molar-refractivity contribution in [3.8, 4) is 17.0 Å². The Morgan fingerprint density at radius 3 is 2.82 bits per heavy atom. The van der Waals surface area contributed by atoms with Gasteiger partial charge in [-0.2, -0.15) is 0 Å². The number of ether oxygens (including phenoxy) is 1. The first-order chi connectivity index (χ1) is 16.6. The van der Waals surface area contributed by atoms with Gasteiger partial charge in [0.25, 0.3) is 5.69 Å². The number of pyridine rings is 1. The minimum Gasteiger partial charge on any atom is -0.495 e. The lowest BCUT2D eigenvalue weighted by Crippen LogP contribution is -2.20. The third kappa shape index (κ3) is 4.28. The van der Waals surface area contributed by atoms with Crippen molar-refractivity contribution in [2.24, 2.45) is 0 Å². The first-order valence-corrected chi connectivity index (χ1v) is 10.8. The summed E-state index contributed by atoms with van der Waals surface area (Å²) >= 11 is 0. The number of nitro groups is 1. The Morgan fingerprint density at radius 2 is 2.03 bits per heavy atom. The van der Waals surface area contributed by atoms with Gasteiger partial charge in [-0.05, 0) is 42.8 Å². The highest BCUT2D eigenvalue weighted by Gasteiger charge is 2.23. The van der Waals surface area contributed by atoms with Crippen LogP contribution in [0.25, 0.3) is 27.7 Å². The molecule has 0 saturated carbocycles. The average Bonchev–Trinajstić information content (AvgIpc) is 2.88. The average molecular weight is 454 g/mol. The van der Waals surface area contributed by atoms with Crippen molar-refractivity contribution < 1.29 is 9.66 Å². The number of nitro benzene ring substituents is 1. The lowest BCUT2D eigenvalue weighted by molar-refractivity contribution is -0.385. The Balaban J connectivity index is 1.50. The number of methoxy groups -OCH3 is 1. The third-order valence-electron chi connectivity index (χ3n) is 5.71. The lowest BCUT2D eigenvalue weighted by atomic mass is 9.97. The Morgan fingerprint density at radius 1 is 1.15 bits per heavy atom. The third-order valence-corrected chi connectivity index (χ3v) is 5.71. The van der Waals surface area contributed by atoms with Gasteiger partial charge in [-0.1, -0.05) is 24.3 Å². The second-order valence-electron chi connectivity index (χ2n) is 7.82. The number of hydrogen-bond acceptors (Lipinski definition) is 8. The number of benzene rings is 2. The molecule has 2 aromatic heterocycles. The molecule has 170 valence electrons. The van der Waals surface area contributed by atoms with Crippen LogP contribution in [-0.2, 0) is 0 Å². The maximum Gasteiger partial charge on any atom is 0.279 e. The molecule has 2 aromatic carbocycles. The van der Waals surface area contributed by atoms with E-state index in [0.717, 1.165) is 28.6 Å². The first-order valence-electron chi connectivity index (χ1n) is 10.8. The van der Waals surface area contributed by atoms with Gasteiger partial charge in [-0.15, -0.1) is 0 Å². The van der Waals surface area contributed by atoms with Crippen LogP contribution >= 0.6 is 0 Å². The second-order valence-corrected chi connectivity index (χ2v) is 7.82. The fraction of sp³-hybridized carbons (Fsp3) is 0.160. The first kappa shape index (κ1) is 21.5. The molecule has 0 fully saturated rings. The minimum absolute atomic E-state index is 0.00586. The molecule has 0 atom stereocenters. The molecule has 0 saturated heterocycles. The van der Waals surface area contributed by atoms with E-state index in [1.54, 1.807) is 24.5 Å². The van der Waals surface area contributed by atoms with Gasteiger partial charge in [0.2, 0.25) is 5.95 Å². The van der Waals surface area contributed by atoms with Crippen LogP contribution in [0.3, 0.4) is 0 Å². The van der Waals surface area contributed by atoms with Crippen LogP contribution in [-0.4, -0.2) is 40.1 Å². The van der Waals surface area contributed by atoms with Crippen molar-refractivity contribution in [2.45, 2.75) is 6.42 Å². The molecule has 0 radical (unpaired) electrons. The van der Waals surface area contributed by atoms with Crippen molar-refractivity contribution in [1.82, 2.24) is 20.3 Å². The lowest BCUT2D eigenvalue weighted by Gasteiger charge is -2.17. The van der Waals surface area contributed by atoms with E-state index in [2.05, 4.69) is 25.6 Å². The Kier molecular flexibility index (Phi) is 5.84. The summed E-state index contributed by atoms with van der Waals surface area (Å²) in [6, 6.07) is 14.8. The summed E-state index contributed by atoms with van der Waals surface area (Å²) in [5.74, 6) is 0.772. The number of fused-ring (bicyclic) bond motifs is 1. The Bertz CT molecular complexity index is 1420. The van der Waals surface area contributed by atoms with Gasteiger partial charge in [-0.3, -0.25) is 15.1 Å². The van der Waals surface area contributed by atoms with Gasteiger partial charge in [0, 0.05) is 36.0 Å². The second kappa shape index (κ2) is 9.24. The maximum absolute atomic E-state index is 11.9. The molecule has 9 heteroatoms. The summed E-state index contributed by atoms with van der Waals surface area (Å²) < 4.78 is 5.55. The standard InChI is InChI=1S/C25H22N6O3/c1-34-24-13-19(16-6-9-26-10-7-16)23(31(32)33)14-22(24)30-25-27-11-8-21(29-25)18-12-17-4-2-3-5-20(17)28-15-18/h2-6,8,11-15,26H,7,9-10H2,1H3,(H,27,29,30). The number of rotatable bonds is 6. The number of hydrogen-bond donors (Lipinski definition) is 2. The predicted octanol–water partition coefficient (Wildman–Crippen LogP) is 4.73. The van der Waals surface area contributed by atoms with Crippen LogP contribution in [0.1, 0.15) is 12.0 Å². The fourth-order valence-corrected chi connectivity index (χ4v) is 4.02. The molecule has 4 aromatic rings. The summed E-state index contributed by atoms with van der Waals surface area (Å²) in [5.41, 5.74) is 4.34. The summed E-state index contributed by atoms with van der Waals surface area (Å²) in [6.07, 6.45) is 6.08.